The van der Waals surface area contributed by atoms with Gasteiger partial charge in [-0.25, -0.2) is 13.6 Å². The molecule has 0 aliphatic carbocycles. The standard InChI is InChI=1S/C12H15ClN2O4S/c1-7-4-8(6-19-7)12(16)15-11-5-9(20(14,17)18)2-3-10(11)13/h2-3,5,7-8H,4,6H2,1H3,(H,15,16)(H2,14,17,18). The van der Waals surface area contributed by atoms with Gasteiger partial charge in [0.05, 0.1) is 34.2 Å². The van der Waals surface area contributed by atoms with Crippen molar-refractivity contribution in [3.63, 3.8) is 0 Å². The minimum atomic E-state index is -3.84. The van der Waals surface area contributed by atoms with Crippen molar-refractivity contribution in [2.24, 2.45) is 11.1 Å². The molecule has 1 fully saturated rings. The van der Waals surface area contributed by atoms with Crippen molar-refractivity contribution in [2.45, 2.75) is 24.3 Å². The van der Waals surface area contributed by atoms with Crippen LogP contribution in [0.25, 0.3) is 0 Å². The van der Waals surface area contributed by atoms with Gasteiger partial charge in [0, 0.05) is 0 Å². The first kappa shape index (κ1) is 15.2. The van der Waals surface area contributed by atoms with Crippen LogP contribution in [-0.2, 0) is 19.6 Å². The highest BCUT2D eigenvalue weighted by Gasteiger charge is 2.28. The van der Waals surface area contributed by atoms with Crippen molar-refractivity contribution in [3.05, 3.63) is 23.2 Å². The molecule has 1 aromatic rings. The second-order valence-electron chi connectivity index (χ2n) is 4.75. The maximum Gasteiger partial charge on any atom is 0.238 e. The lowest BCUT2D eigenvalue weighted by Gasteiger charge is -2.11. The molecule has 2 atom stereocenters. The number of ether oxygens (including phenoxy) is 1. The molecule has 2 unspecified atom stereocenters. The van der Waals surface area contributed by atoms with Crippen molar-refractivity contribution in [1.29, 1.82) is 0 Å². The second-order valence-corrected chi connectivity index (χ2v) is 6.72. The number of amides is 1. The van der Waals surface area contributed by atoms with Gasteiger partial charge in [0.25, 0.3) is 0 Å². The molecule has 8 heteroatoms. The van der Waals surface area contributed by atoms with Crippen LogP contribution in [0.4, 0.5) is 5.69 Å². The van der Waals surface area contributed by atoms with Crippen molar-refractivity contribution >= 4 is 33.2 Å². The zero-order valence-corrected chi connectivity index (χ0v) is 12.4. The van der Waals surface area contributed by atoms with E-state index < -0.39 is 10.0 Å². The summed E-state index contributed by atoms with van der Waals surface area (Å²) in [5, 5.41) is 7.91. The zero-order chi connectivity index (χ0) is 14.9. The quantitative estimate of drug-likeness (QED) is 0.878. The van der Waals surface area contributed by atoms with Gasteiger partial charge < -0.3 is 10.1 Å². The Bertz CT molecular complexity index is 632. The van der Waals surface area contributed by atoms with Crippen LogP contribution in [-0.4, -0.2) is 27.0 Å². The fourth-order valence-corrected chi connectivity index (χ4v) is 2.72. The summed E-state index contributed by atoms with van der Waals surface area (Å²) in [6, 6.07) is 3.91. The third kappa shape index (κ3) is 3.49. The van der Waals surface area contributed by atoms with Crippen molar-refractivity contribution in [1.82, 2.24) is 0 Å². The van der Waals surface area contributed by atoms with E-state index in [1.807, 2.05) is 6.92 Å². The Labute approximate surface area is 122 Å². The maximum absolute atomic E-state index is 12.0. The summed E-state index contributed by atoms with van der Waals surface area (Å²) in [5.41, 5.74) is 0.225. The highest BCUT2D eigenvalue weighted by atomic mass is 35.5. The molecule has 0 aromatic heterocycles. The van der Waals surface area contributed by atoms with Crippen molar-refractivity contribution in [3.8, 4) is 0 Å². The molecule has 3 N–H and O–H groups in total. The summed E-state index contributed by atoms with van der Waals surface area (Å²) in [7, 11) is -3.84. The Morgan fingerprint density at radius 1 is 1.50 bits per heavy atom. The number of nitrogens with one attached hydrogen (secondary N) is 1. The van der Waals surface area contributed by atoms with E-state index in [4.69, 9.17) is 21.5 Å². The molecule has 1 aliphatic heterocycles. The van der Waals surface area contributed by atoms with E-state index in [2.05, 4.69) is 5.32 Å². The van der Waals surface area contributed by atoms with Gasteiger partial charge in [-0.05, 0) is 31.5 Å². The molecule has 0 saturated carbocycles. The van der Waals surface area contributed by atoms with Gasteiger partial charge >= 0.3 is 0 Å². The molecule has 110 valence electrons. The fourth-order valence-electron chi connectivity index (χ4n) is 2.01. The number of sulfonamides is 1. The first-order valence-corrected chi connectivity index (χ1v) is 7.94. The number of anilines is 1. The monoisotopic (exact) mass is 318 g/mol. The smallest absolute Gasteiger partial charge is 0.238 e. The molecule has 1 aromatic carbocycles. The summed E-state index contributed by atoms with van der Waals surface area (Å²) in [6.07, 6.45) is 0.662. The highest BCUT2D eigenvalue weighted by Crippen LogP contribution is 2.27. The Morgan fingerprint density at radius 2 is 2.20 bits per heavy atom. The largest absolute Gasteiger partial charge is 0.378 e. The molecule has 1 amide bonds. The lowest BCUT2D eigenvalue weighted by atomic mass is 10.1. The lowest BCUT2D eigenvalue weighted by Crippen LogP contribution is -2.23. The number of hydrogen-bond donors (Lipinski definition) is 2. The maximum atomic E-state index is 12.0. The average Bonchev–Trinajstić information content (AvgIpc) is 2.77. The molecule has 1 aliphatic rings. The van der Waals surface area contributed by atoms with Crippen LogP contribution in [0.15, 0.2) is 23.1 Å². The zero-order valence-electron chi connectivity index (χ0n) is 10.8. The van der Waals surface area contributed by atoms with Gasteiger partial charge in [-0.3, -0.25) is 4.79 Å². The first-order valence-electron chi connectivity index (χ1n) is 6.02. The molecule has 0 radical (unpaired) electrons. The molecule has 1 heterocycles. The normalized spacial score (nSPS) is 22.8. The molecule has 20 heavy (non-hydrogen) atoms. The molecule has 6 nitrogen and oxygen atoms in total. The molecule has 0 spiro atoms. The number of carbonyl (C=O) groups is 1. The van der Waals surface area contributed by atoms with E-state index in [9.17, 15) is 13.2 Å². The van der Waals surface area contributed by atoms with Crippen LogP contribution in [0.1, 0.15) is 13.3 Å². The minimum Gasteiger partial charge on any atom is -0.378 e. The van der Waals surface area contributed by atoms with Crippen LogP contribution in [0.5, 0.6) is 0 Å². The Morgan fingerprint density at radius 3 is 2.75 bits per heavy atom. The van der Waals surface area contributed by atoms with Crippen LogP contribution >= 0.6 is 11.6 Å². The number of hydrogen-bond acceptors (Lipinski definition) is 4. The first-order chi connectivity index (χ1) is 9.27. The van der Waals surface area contributed by atoms with Gasteiger partial charge in [0.2, 0.25) is 15.9 Å². The second kappa shape index (κ2) is 5.69. The van der Waals surface area contributed by atoms with Gasteiger partial charge in [-0.1, -0.05) is 11.6 Å². The van der Waals surface area contributed by atoms with E-state index in [0.29, 0.717) is 13.0 Å². The van der Waals surface area contributed by atoms with Crippen molar-refractivity contribution < 1.29 is 17.9 Å². The predicted octanol–water partition coefficient (Wildman–Crippen LogP) is 1.35. The molecule has 2 rings (SSSR count). The van der Waals surface area contributed by atoms with Crippen molar-refractivity contribution in [2.75, 3.05) is 11.9 Å². The number of halogens is 1. The van der Waals surface area contributed by atoms with E-state index >= 15 is 0 Å². The van der Waals surface area contributed by atoms with Crippen LogP contribution < -0.4 is 10.5 Å². The van der Waals surface area contributed by atoms with Crippen LogP contribution in [0.3, 0.4) is 0 Å². The van der Waals surface area contributed by atoms with E-state index in [-0.39, 0.29) is 33.5 Å². The van der Waals surface area contributed by atoms with E-state index in [1.165, 1.54) is 18.2 Å². The molecule has 1 saturated heterocycles. The summed E-state index contributed by atoms with van der Waals surface area (Å²) < 4.78 is 27.9. The summed E-state index contributed by atoms with van der Waals surface area (Å²) in [4.78, 5) is 11.9. The Kier molecular flexibility index (Phi) is 4.33. The number of nitrogens with two attached hydrogens (primary N) is 1. The van der Waals surface area contributed by atoms with Crippen LogP contribution in [0, 0.1) is 5.92 Å². The number of carbonyl (C=O) groups excluding carboxylic acids is 1. The molecular formula is C12H15ClN2O4S. The average molecular weight is 319 g/mol. The topological polar surface area (TPSA) is 98.5 Å². The van der Waals surface area contributed by atoms with E-state index in [0.717, 1.165) is 0 Å². The van der Waals surface area contributed by atoms with Gasteiger partial charge in [0.1, 0.15) is 0 Å². The third-order valence-electron chi connectivity index (χ3n) is 3.09. The molecular weight excluding hydrogens is 304 g/mol. The summed E-state index contributed by atoms with van der Waals surface area (Å²) >= 11 is 5.94. The SMILES string of the molecule is CC1CC(C(=O)Nc2cc(S(N)(=O)=O)ccc2Cl)CO1. The predicted molar refractivity (Wildman–Crippen MR) is 75.0 cm³/mol. The number of benzene rings is 1. The number of rotatable bonds is 3. The van der Waals surface area contributed by atoms with Crippen LogP contribution in [0.2, 0.25) is 5.02 Å². The minimum absolute atomic E-state index is 0.0389. The lowest BCUT2D eigenvalue weighted by molar-refractivity contribution is -0.119. The fraction of sp³-hybridized carbons (Fsp3) is 0.417. The van der Waals surface area contributed by atoms with E-state index in [1.54, 1.807) is 0 Å². The number of primary sulfonamides is 1. The highest BCUT2D eigenvalue weighted by molar-refractivity contribution is 7.89. The Hall–Kier alpha value is -1.15. The summed E-state index contributed by atoms with van der Waals surface area (Å²) in [6.45, 7) is 2.24. The Balaban J connectivity index is 2.18. The molecule has 0 bridgehead atoms. The van der Waals surface area contributed by atoms with Gasteiger partial charge in [0.15, 0.2) is 0 Å². The van der Waals surface area contributed by atoms with Gasteiger partial charge in [-0.15, -0.1) is 0 Å². The third-order valence-corrected chi connectivity index (χ3v) is 4.33. The van der Waals surface area contributed by atoms with Gasteiger partial charge in [-0.2, -0.15) is 0 Å². The summed E-state index contributed by atoms with van der Waals surface area (Å²) in [5.74, 6) is -0.512.